The van der Waals surface area contributed by atoms with Crippen LogP contribution in [-0.4, -0.2) is 6.04 Å². The third kappa shape index (κ3) is 4.19. The molecule has 1 rings (SSSR count). The van der Waals surface area contributed by atoms with Gasteiger partial charge in [0.25, 0.3) is 0 Å². The van der Waals surface area contributed by atoms with Crippen LogP contribution in [0.3, 0.4) is 0 Å². The summed E-state index contributed by atoms with van der Waals surface area (Å²) in [7, 11) is 0. The highest BCUT2D eigenvalue weighted by atomic mass is 35.5. The molecule has 0 aromatic heterocycles. The summed E-state index contributed by atoms with van der Waals surface area (Å²) in [5, 5.41) is 1.18. The van der Waals surface area contributed by atoms with Crippen LogP contribution in [0.2, 0.25) is 10.0 Å². The zero-order chi connectivity index (χ0) is 9.14. The fourth-order valence-electron chi connectivity index (χ4n) is 1.04. The number of hydrogen-bond donors (Lipinski definition) is 1. The first kappa shape index (κ1) is 13.1. The van der Waals surface area contributed by atoms with Crippen LogP contribution in [0.1, 0.15) is 12.5 Å². The van der Waals surface area contributed by atoms with E-state index in [0.29, 0.717) is 10.0 Å². The number of rotatable bonds is 2. The highest BCUT2D eigenvalue weighted by molar-refractivity contribution is 6.42. The predicted molar refractivity (Wildman–Crippen MR) is 61.1 cm³/mol. The van der Waals surface area contributed by atoms with E-state index in [2.05, 4.69) is 0 Å². The lowest BCUT2D eigenvalue weighted by atomic mass is 10.1. The Morgan fingerprint density at radius 2 is 1.92 bits per heavy atom. The first-order valence-corrected chi connectivity index (χ1v) is 4.54. The second-order valence-corrected chi connectivity index (χ2v) is 3.74. The first-order chi connectivity index (χ1) is 5.59. The van der Waals surface area contributed by atoms with Gasteiger partial charge in [-0.05, 0) is 31.0 Å². The molecule has 0 aliphatic rings. The molecule has 1 aromatic rings. The summed E-state index contributed by atoms with van der Waals surface area (Å²) in [6, 6.07) is 5.74. The lowest BCUT2D eigenvalue weighted by Crippen LogP contribution is -2.17. The molecule has 0 radical (unpaired) electrons. The quantitative estimate of drug-likeness (QED) is 0.843. The van der Waals surface area contributed by atoms with Crippen molar-refractivity contribution in [1.82, 2.24) is 0 Å². The van der Waals surface area contributed by atoms with Gasteiger partial charge in [-0.15, -0.1) is 12.4 Å². The maximum atomic E-state index is 5.82. The van der Waals surface area contributed by atoms with Crippen LogP contribution in [0.5, 0.6) is 0 Å². The van der Waals surface area contributed by atoms with Crippen LogP contribution in [0.15, 0.2) is 18.2 Å². The Morgan fingerprint density at radius 3 is 2.38 bits per heavy atom. The molecule has 0 saturated carbocycles. The van der Waals surface area contributed by atoms with E-state index in [0.717, 1.165) is 12.0 Å². The molecular weight excluding hydrogens is 228 g/mol. The van der Waals surface area contributed by atoms with Gasteiger partial charge < -0.3 is 5.73 Å². The van der Waals surface area contributed by atoms with Crippen LogP contribution < -0.4 is 5.73 Å². The van der Waals surface area contributed by atoms with Gasteiger partial charge in [0.1, 0.15) is 0 Å². The van der Waals surface area contributed by atoms with Crippen molar-refractivity contribution in [2.24, 2.45) is 5.73 Å². The topological polar surface area (TPSA) is 26.0 Å². The van der Waals surface area contributed by atoms with Gasteiger partial charge in [0.15, 0.2) is 0 Å². The van der Waals surface area contributed by atoms with Crippen LogP contribution >= 0.6 is 35.6 Å². The molecule has 0 bridgehead atoms. The number of halogens is 3. The lowest BCUT2D eigenvalue weighted by molar-refractivity contribution is 0.738. The summed E-state index contributed by atoms with van der Waals surface area (Å²) in [6.07, 6.45) is 0.830. The van der Waals surface area contributed by atoms with E-state index in [9.17, 15) is 0 Å². The highest BCUT2D eigenvalue weighted by Gasteiger charge is 2.01. The average Bonchev–Trinajstić information content (AvgIpc) is 1.96. The largest absolute Gasteiger partial charge is 0.328 e. The van der Waals surface area contributed by atoms with E-state index >= 15 is 0 Å². The van der Waals surface area contributed by atoms with Crippen LogP contribution in [0.4, 0.5) is 0 Å². The molecule has 2 N–H and O–H groups in total. The molecule has 0 spiro atoms. The molecule has 1 unspecified atom stereocenters. The summed E-state index contributed by atoms with van der Waals surface area (Å²) < 4.78 is 0. The molecule has 74 valence electrons. The molecule has 0 aliphatic carbocycles. The maximum Gasteiger partial charge on any atom is 0.0595 e. The predicted octanol–water partition coefficient (Wildman–Crippen LogP) is 3.30. The third-order valence-corrected chi connectivity index (χ3v) is 2.28. The van der Waals surface area contributed by atoms with Gasteiger partial charge in [-0.1, -0.05) is 29.3 Å². The van der Waals surface area contributed by atoms with Crippen LogP contribution in [0, 0.1) is 0 Å². The Bertz CT molecular complexity index is 274. The van der Waals surface area contributed by atoms with Gasteiger partial charge >= 0.3 is 0 Å². The Labute approximate surface area is 94.6 Å². The van der Waals surface area contributed by atoms with Gasteiger partial charge in [-0.3, -0.25) is 0 Å². The van der Waals surface area contributed by atoms with Crippen molar-refractivity contribution in [2.45, 2.75) is 19.4 Å². The molecule has 0 heterocycles. The smallest absolute Gasteiger partial charge is 0.0595 e. The Morgan fingerprint density at radius 1 is 1.31 bits per heavy atom. The summed E-state index contributed by atoms with van der Waals surface area (Å²) >= 11 is 11.6. The van der Waals surface area contributed by atoms with Crippen LogP contribution in [0.25, 0.3) is 0 Å². The molecule has 4 heteroatoms. The molecule has 1 atom stereocenters. The third-order valence-electron chi connectivity index (χ3n) is 1.54. The molecule has 0 amide bonds. The van der Waals surface area contributed by atoms with Gasteiger partial charge in [0.2, 0.25) is 0 Å². The van der Waals surface area contributed by atoms with E-state index in [-0.39, 0.29) is 18.4 Å². The number of hydrogen-bond acceptors (Lipinski definition) is 1. The minimum Gasteiger partial charge on any atom is -0.328 e. The van der Waals surface area contributed by atoms with Crippen molar-refractivity contribution in [3.8, 4) is 0 Å². The number of nitrogens with two attached hydrogens (primary N) is 1. The van der Waals surface area contributed by atoms with E-state index < -0.39 is 0 Å². The van der Waals surface area contributed by atoms with E-state index in [1.807, 2.05) is 19.1 Å². The van der Waals surface area contributed by atoms with E-state index in [1.165, 1.54) is 0 Å². The second kappa shape index (κ2) is 5.71. The fraction of sp³-hybridized carbons (Fsp3) is 0.333. The summed E-state index contributed by atoms with van der Waals surface area (Å²) in [5.74, 6) is 0. The van der Waals surface area contributed by atoms with Crippen molar-refractivity contribution in [1.29, 1.82) is 0 Å². The molecule has 0 saturated heterocycles. The van der Waals surface area contributed by atoms with Crippen molar-refractivity contribution in [3.63, 3.8) is 0 Å². The average molecular weight is 241 g/mol. The summed E-state index contributed by atoms with van der Waals surface area (Å²) in [5.41, 5.74) is 6.76. The minimum absolute atomic E-state index is 0. The molecule has 0 fully saturated rings. The van der Waals surface area contributed by atoms with Crippen molar-refractivity contribution in [2.75, 3.05) is 0 Å². The van der Waals surface area contributed by atoms with E-state index in [1.54, 1.807) is 6.07 Å². The normalized spacial score (nSPS) is 12.0. The fourth-order valence-corrected chi connectivity index (χ4v) is 1.36. The number of benzene rings is 1. The first-order valence-electron chi connectivity index (χ1n) is 3.79. The summed E-state index contributed by atoms with van der Waals surface area (Å²) in [4.78, 5) is 0. The summed E-state index contributed by atoms with van der Waals surface area (Å²) in [6.45, 7) is 1.96. The highest BCUT2D eigenvalue weighted by Crippen LogP contribution is 2.22. The van der Waals surface area contributed by atoms with E-state index in [4.69, 9.17) is 28.9 Å². The second-order valence-electron chi connectivity index (χ2n) is 2.93. The van der Waals surface area contributed by atoms with Gasteiger partial charge in [0, 0.05) is 6.04 Å². The molecule has 13 heavy (non-hydrogen) atoms. The zero-order valence-electron chi connectivity index (χ0n) is 7.26. The Balaban J connectivity index is 0.00000144. The molecule has 0 aliphatic heterocycles. The van der Waals surface area contributed by atoms with Gasteiger partial charge in [-0.2, -0.15) is 0 Å². The molecule has 1 nitrogen and oxygen atoms in total. The maximum absolute atomic E-state index is 5.82. The van der Waals surface area contributed by atoms with Crippen molar-refractivity contribution in [3.05, 3.63) is 33.8 Å². The van der Waals surface area contributed by atoms with Crippen LogP contribution in [-0.2, 0) is 6.42 Å². The molecule has 1 aromatic carbocycles. The Hall–Kier alpha value is 0.0500. The Kier molecular flexibility index (Phi) is 5.73. The van der Waals surface area contributed by atoms with Crippen molar-refractivity contribution >= 4 is 35.6 Å². The van der Waals surface area contributed by atoms with Gasteiger partial charge in [0.05, 0.1) is 10.0 Å². The lowest BCUT2D eigenvalue weighted by Gasteiger charge is -2.05. The SMILES string of the molecule is CC(N)Cc1ccc(Cl)c(Cl)c1.Cl. The standard InChI is InChI=1S/C9H11Cl2N.ClH/c1-6(12)4-7-2-3-8(10)9(11)5-7;/h2-3,5-6H,4,12H2,1H3;1H. The minimum atomic E-state index is 0. The zero-order valence-corrected chi connectivity index (χ0v) is 9.59. The molecular formula is C9H12Cl3N. The monoisotopic (exact) mass is 239 g/mol. The van der Waals surface area contributed by atoms with Gasteiger partial charge in [-0.25, -0.2) is 0 Å². The van der Waals surface area contributed by atoms with Crippen molar-refractivity contribution < 1.29 is 0 Å².